The number of piperidine rings is 1. The predicted molar refractivity (Wildman–Crippen MR) is 133 cm³/mol. The van der Waals surface area contributed by atoms with Crippen LogP contribution in [0.15, 0.2) is 59.6 Å². The molecule has 4 rings (SSSR count). The summed E-state index contributed by atoms with van der Waals surface area (Å²) in [5, 5.41) is 3.78. The second kappa shape index (κ2) is 10.6. The molecule has 0 radical (unpaired) electrons. The van der Waals surface area contributed by atoms with Crippen LogP contribution in [0.1, 0.15) is 32.3 Å². The monoisotopic (exact) mass is 483 g/mol. The highest BCUT2D eigenvalue weighted by atomic mass is 32.2. The molecule has 1 N–H and O–H groups in total. The highest BCUT2D eigenvalue weighted by Gasteiger charge is 2.28. The molecule has 2 aromatic carbocycles. The van der Waals surface area contributed by atoms with Gasteiger partial charge in [-0.05, 0) is 74.1 Å². The van der Waals surface area contributed by atoms with Crippen LogP contribution in [-0.4, -0.2) is 49.4 Å². The molecule has 0 saturated carbocycles. The Hall–Kier alpha value is -2.84. The number of hydrogen-bond donors (Lipinski definition) is 1. The Kier molecular flexibility index (Phi) is 7.58. The first kappa shape index (κ1) is 24.3. The van der Waals surface area contributed by atoms with Gasteiger partial charge in [-0.1, -0.05) is 19.1 Å². The molecule has 0 atom stereocenters. The van der Waals surface area contributed by atoms with Crippen molar-refractivity contribution in [1.29, 1.82) is 0 Å². The van der Waals surface area contributed by atoms with Crippen LogP contribution in [0.3, 0.4) is 0 Å². The molecule has 0 aliphatic carbocycles. The molecule has 0 spiro atoms. The van der Waals surface area contributed by atoms with Gasteiger partial charge in [-0.25, -0.2) is 8.42 Å². The minimum absolute atomic E-state index is 0.0810. The average molecular weight is 484 g/mol. The van der Waals surface area contributed by atoms with Gasteiger partial charge in [0, 0.05) is 36.7 Å². The molecular formula is C26H33N3O4S. The topological polar surface area (TPSA) is 80.6 Å². The molecule has 8 heteroatoms. The summed E-state index contributed by atoms with van der Waals surface area (Å²) in [6.07, 6.45) is 4.35. The van der Waals surface area contributed by atoms with Gasteiger partial charge in [0.05, 0.1) is 11.5 Å². The van der Waals surface area contributed by atoms with Crippen LogP contribution >= 0.6 is 0 Å². The van der Waals surface area contributed by atoms with Gasteiger partial charge in [0.2, 0.25) is 15.9 Å². The van der Waals surface area contributed by atoms with E-state index in [1.807, 2.05) is 48.0 Å². The van der Waals surface area contributed by atoms with Crippen LogP contribution in [0.4, 0.5) is 0 Å². The molecule has 1 saturated heterocycles. The predicted octanol–water partition coefficient (Wildman–Crippen LogP) is 3.82. The SMILES string of the molecule is CCOc1ccc(CCNC(=O)Cn2ccc3cc(S(=O)(=O)N4CCC(C)CC4)ccc32)cc1. The molecule has 1 amide bonds. The number of fused-ring (bicyclic) bond motifs is 1. The lowest BCUT2D eigenvalue weighted by Crippen LogP contribution is -2.37. The van der Waals surface area contributed by atoms with Crippen molar-refractivity contribution < 1.29 is 17.9 Å². The van der Waals surface area contributed by atoms with Gasteiger partial charge < -0.3 is 14.6 Å². The molecule has 1 aromatic heterocycles. The summed E-state index contributed by atoms with van der Waals surface area (Å²) in [5.74, 6) is 1.33. The first-order valence-corrected chi connectivity index (χ1v) is 13.4. The molecule has 0 unspecified atom stereocenters. The highest BCUT2D eigenvalue weighted by Crippen LogP contribution is 2.26. The number of nitrogens with zero attached hydrogens (tertiary/aromatic N) is 2. The normalized spacial score (nSPS) is 15.5. The zero-order chi connectivity index (χ0) is 24.1. The minimum atomic E-state index is -3.50. The second-order valence-corrected chi connectivity index (χ2v) is 10.9. The standard InChI is InChI=1S/C26H33N3O4S/c1-3-33-23-6-4-21(5-7-23)10-14-27-26(30)19-28-15-13-22-18-24(8-9-25(22)28)34(31,32)29-16-11-20(2)12-17-29/h4-9,13,15,18,20H,3,10-12,14,16-17,19H2,1-2H3,(H,27,30). The maximum absolute atomic E-state index is 13.1. The van der Waals surface area contributed by atoms with Gasteiger partial charge in [-0.15, -0.1) is 0 Å². The maximum atomic E-state index is 13.1. The third-order valence-corrected chi connectivity index (χ3v) is 8.30. The van der Waals surface area contributed by atoms with Crippen molar-refractivity contribution in [2.24, 2.45) is 5.92 Å². The highest BCUT2D eigenvalue weighted by molar-refractivity contribution is 7.89. The second-order valence-electron chi connectivity index (χ2n) is 8.93. The van der Waals surface area contributed by atoms with E-state index < -0.39 is 10.0 Å². The number of rotatable bonds is 9. The maximum Gasteiger partial charge on any atom is 0.243 e. The lowest BCUT2D eigenvalue weighted by Gasteiger charge is -2.29. The van der Waals surface area contributed by atoms with Crippen molar-refractivity contribution in [2.75, 3.05) is 26.2 Å². The van der Waals surface area contributed by atoms with E-state index in [4.69, 9.17) is 4.74 Å². The average Bonchev–Trinajstić information content (AvgIpc) is 3.22. The smallest absolute Gasteiger partial charge is 0.243 e. The van der Waals surface area contributed by atoms with Gasteiger partial charge >= 0.3 is 0 Å². The number of sulfonamides is 1. The number of ether oxygens (including phenoxy) is 1. The van der Waals surface area contributed by atoms with E-state index >= 15 is 0 Å². The Morgan fingerprint density at radius 1 is 1.09 bits per heavy atom. The fourth-order valence-corrected chi connectivity index (χ4v) is 5.83. The summed E-state index contributed by atoms with van der Waals surface area (Å²) in [5.41, 5.74) is 1.97. The van der Waals surface area contributed by atoms with E-state index in [1.54, 1.807) is 22.5 Å². The minimum Gasteiger partial charge on any atom is -0.494 e. The summed E-state index contributed by atoms with van der Waals surface area (Å²) in [7, 11) is -3.50. The largest absolute Gasteiger partial charge is 0.494 e. The molecule has 7 nitrogen and oxygen atoms in total. The third-order valence-electron chi connectivity index (χ3n) is 6.41. The van der Waals surface area contributed by atoms with Crippen LogP contribution in [0.5, 0.6) is 5.75 Å². The summed E-state index contributed by atoms with van der Waals surface area (Å²) in [6.45, 7) is 6.62. The zero-order valence-corrected chi connectivity index (χ0v) is 20.7. The van der Waals surface area contributed by atoms with Crippen molar-refractivity contribution in [2.45, 2.75) is 44.6 Å². The number of hydrogen-bond acceptors (Lipinski definition) is 4. The van der Waals surface area contributed by atoms with Crippen molar-refractivity contribution in [1.82, 2.24) is 14.2 Å². The van der Waals surface area contributed by atoms with Gasteiger partial charge in [0.1, 0.15) is 12.3 Å². The number of aromatic nitrogens is 1. The van der Waals surface area contributed by atoms with E-state index in [0.29, 0.717) is 37.1 Å². The van der Waals surface area contributed by atoms with E-state index in [0.717, 1.165) is 41.5 Å². The third kappa shape index (κ3) is 5.62. The number of nitrogens with one attached hydrogen (secondary N) is 1. The molecule has 1 aliphatic rings. The Morgan fingerprint density at radius 2 is 1.82 bits per heavy atom. The molecule has 3 aromatic rings. The van der Waals surface area contributed by atoms with E-state index in [9.17, 15) is 13.2 Å². The van der Waals surface area contributed by atoms with Crippen molar-refractivity contribution >= 4 is 26.8 Å². The Balaban J connectivity index is 1.35. The number of amides is 1. The van der Waals surface area contributed by atoms with Crippen LogP contribution in [0, 0.1) is 5.92 Å². The van der Waals surface area contributed by atoms with Crippen molar-refractivity contribution in [3.63, 3.8) is 0 Å². The van der Waals surface area contributed by atoms with Crippen LogP contribution in [-0.2, 0) is 27.8 Å². The number of carbonyl (C=O) groups is 1. The van der Waals surface area contributed by atoms with Crippen LogP contribution in [0.2, 0.25) is 0 Å². The fraction of sp³-hybridized carbons (Fsp3) is 0.423. The zero-order valence-electron chi connectivity index (χ0n) is 19.9. The lowest BCUT2D eigenvalue weighted by atomic mass is 10.0. The molecule has 2 heterocycles. The summed E-state index contributed by atoms with van der Waals surface area (Å²) in [6, 6.07) is 14.9. The Bertz CT molecular complexity index is 1230. The number of carbonyl (C=O) groups excluding carboxylic acids is 1. The lowest BCUT2D eigenvalue weighted by molar-refractivity contribution is -0.121. The van der Waals surface area contributed by atoms with Gasteiger partial charge in [0.15, 0.2) is 0 Å². The molecule has 182 valence electrons. The molecule has 1 aliphatic heterocycles. The Labute approximate surface area is 201 Å². The molecular weight excluding hydrogens is 450 g/mol. The van der Waals surface area contributed by atoms with Crippen molar-refractivity contribution in [3.8, 4) is 5.75 Å². The molecule has 34 heavy (non-hydrogen) atoms. The Morgan fingerprint density at radius 3 is 2.53 bits per heavy atom. The van der Waals surface area contributed by atoms with E-state index in [2.05, 4.69) is 12.2 Å². The van der Waals surface area contributed by atoms with Gasteiger partial charge in [-0.2, -0.15) is 4.31 Å². The fourth-order valence-electron chi connectivity index (χ4n) is 4.33. The summed E-state index contributed by atoms with van der Waals surface area (Å²) in [4.78, 5) is 12.8. The van der Waals surface area contributed by atoms with E-state index in [-0.39, 0.29) is 12.5 Å². The molecule has 1 fully saturated rings. The van der Waals surface area contributed by atoms with Crippen LogP contribution < -0.4 is 10.1 Å². The van der Waals surface area contributed by atoms with Crippen LogP contribution in [0.25, 0.3) is 10.9 Å². The van der Waals surface area contributed by atoms with Gasteiger partial charge in [0.25, 0.3) is 0 Å². The van der Waals surface area contributed by atoms with Gasteiger partial charge in [-0.3, -0.25) is 4.79 Å². The summed E-state index contributed by atoms with van der Waals surface area (Å²) < 4.78 is 35.0. The summed E-state index contributed by atoms with van der Waals surface area (Å²) >= 11 is 0. The molecule has 0 bridgehead atoms. The first-order valence-electron chi connectivity index (χ1n) is 11.9. The quantitative estimate of drug-likeness (QED) is 0.502. The first-order chi connectivity index (χ1) is 16.4. The van der Waals surface area contributed by atoms with Crippen molar-refractivity contribution in [3.05, 3.63) is 60.3 Å². The number of benzene rings is 2. The van der Waals surface area contributed by atoms with E-state index in [1.165, 1.54) is 0 Å².